The van der Waals surface area contributed by atoms with Crippen molar-refractivity contribution in [2.45, 2.75) is 11.8 Å². The van der Waals surface area contributed by atoms with Crippen molar-refractivity contribution >= 4 is 22.1 Å². The summed E-state index contributed by atoms with van der Waals surface area (Å²) in [5, 5.41) is 3.97. The van der Waals surface area contributed by atoms with Gasteiger partial charge in [-0.25, -0.2) is 0 Å². The molecule has 0 atom stereocenters. The highest BCUT2D eigenvalue weighted by molar-refractivity contribution is 7.89. The number of hydrogen-bond donors (Lipinski definition) is 1. The smallest absolute Gasteiger partial charge is 0.278 e. The molecule has 0 aliphatic heterocycles. The van der Waals surface area contributed by atoms with Crippen LogP contribution in [0.25, 0.3) is 0 Å². The van der Waals surface area contributed by atoms with Gasteiger partial charge in [-0.2, -0.15) is 17.9 Å². The largest absolute Gasteiger partial charge is 0.484 e. The highest BCUT2D eigenvalue weighted by atomic mass is 32.2. The van der Waals surface area contributed by atoms with Gasteiger partial charge in [-0.05, 0) is 48.9 Å². The van der Waals surface area contributed by atoms with Gasteiger partial charge in [0.1, 0.15) is 5.75 Å². The summed E-state index contributed by atoms with van der Waals surface area (Å²) in [7, 11) is -2.32. The molecular formula is C17H19N3O4S. The Morgan fingerprint density at radius 2 is 1.76 bits per heavy atom. The lowest BCUT2D eigenvalue weighted by Crippen LogP contribution is -2.21. The maximum atomic E-state index is 12.4. The fourth-order valence-corrected chi connectivity index (χ4v) is 2.83. The van der Waals surface area contributed by atoms with Gasteiger partial charge >= 0.3 is 0 Å². The zero-order valence-corrected chi connectivity index (χ0v) is 14.7. The first-order chi connectivity index (χ1) is 11.8. The predicted octanol–water partition coefficient (Wildman–Crippen LogP) is 1.51. The molecule has 0 aromatic heterocycles. The van der Waals surface area contributed by atoms with Crippen LogP contribution in [0.1, 0.15) is 11.1 Å². The van der Waals surface area contributed by atoms with E-state index in [-0.39, 0.29) is 11.5 Å². The first-order valence-electron chi connectivity index (χ1n) is 7.40. The Morgan fingerprint density at radius 1 is 1.16 bits per heavy atom. The van der Waals surface area contributed by atoms with Crippen LogP contribution in [0.3, 0.4) is 0 Å². The van der Waals surface area contributed by atoms with Crippen LogP contribution < -0.4 is 10.5 Å². The number of sulfonamides is 1. The van der Waals surface area contributed by atoms with Crippen molar-refractivity contribution in [2.75, 3.05) is 13.7 Å². The van der Waals surface area contributed by atoms with Crippen LogP contribution >= 0.6 is 0 Å². The molecule has 0 spiro atoms. The van der Waals surface area contributed by atoms with Crippen LogP contribution in [0.5, 0.6) is 5.75 Å². The number of rotatable bonds is 7. The second-order valence-electron chi connectivity index (χ2n) is 5.32. The maximum Gasteiger partial charge on any atom is 0.278 e. The van der Waals surface area contributed by atoms with Crippen molar-refractivity contribution in [2.24, 2.45) is 10.8 Å². The number of aryl methyl sites for hydroxylation is 1. The van der Waals surface area contributed by atoms with E-state index in [1.54, 1.807) is 48.5 Å². The maximum absolute atomic E-state index is 12.4. The van der Waals surface area contributed by atoms with Gasteiger partial charge in [-0.1, -0.05) is 17.7 Å². The number of ether oxygens (including phenoxy) is 1. The van der Waals surface area contributed by atoms with Crippen molar-refractivity contribution in [3.63, 3.8) is 0 Å². The molecule has 0 aliphatic carbocycles. The van der Waals surface area contributed by atoms with Gasteiger partial charge in [0.05, 0.1) is 11.1 Å². The fraction of sp³-hybridized carbons (Fsp3) is 0.176. The average molecular weight is 361 g/mol. The van der Waals surface area contributed by atoms with Crippen LogP contribution in [0.15, 0.2) is 58.5 Å². The molecule has 25 heavy (non-hydrogen) atoms. The second kappa shape index (κ2) is 7.80. The summed E-state index contributed by atoms with van der Waals surface area (Å²) >= 11 is 0. The Bertz CT molecular complexity index is 860. The first kappa shape index (κ1) is 18.5. The van der Waals surface area contributed by atoms with E-state index in [9.17, 15) is 13.2 Å². The van der Waals surface area contributed by atoms with Gasteiger partial charge in [0, 0.05) is 7.05 Å². The second-order valence-corrected chi connectivity index (χ2v) is 7.27. The van der Waals surface area contributed by atoms with Crippen molar-refractivity contribution in [3.05, 3.63) is 59.7 Å². The molecule has 0 heterocycles. The molecule has 2 N–H and O–H groups in total. The van der Waals surface area contributed by atoms with Crippen molar-refractivity contribution in [3.8, 4) is 5.75 Å². The lowest BCUT2D eigenvalue weighted by molar-refractivity contribution is -0.119. The number of benzene rings is 2. The summed E-state index contributed by atoms with van der Waals surface area (Å²) in [5.74, 6) is -0.0786. The van der Waals surface area contributed by atoms with Crippen LogP contribution in [-0.2, 0) is 14.8 Å². The quantitative estimate of drug-likeness (QED) is 0.596. The average Bonchev–Trinajstić information content (AvgIpc) is 2.59. The lowest BCUT2D eigenvalue weighted by atomic mass is 10.2. The Kier molecular flexibility index (Phi) is 5.76. The molecule has 0 bridgehead atoms. The molecule has 0 saturated heterocycles. The molecule has 8 heteroatoms. The van der Waals surface area contributed by atoms with Crippen molar-refractivity contribution < 1.29 is 17.9 Å². The molecule has 2 aromatic carbocycles. The predicted molar refractivity (Wildman–Crippen MR) is 94.9 cm³/mol. The van der Waals surface area contributed by atoms with Gasteiger partial charge in [0.25, 0.3) is 15.9 Å². The number of carbonyl (C=O) groups excluding carboxylic acids is 1. The minimum Gasteiger partial charge on any atom is -0.484 e. The molecule has 7 nitrogen and oxygen atoms in total. The Morgan fingerprint density at radius 3 is 2.32 bits per heavy atom. The Balaban J connectivity index is 2.07. The SMILES string of the molecule is Cc1ccc(S(=O)(=O)N(C)N=Cc2ccc(OCC(N)=O)cc2)cc1. The summed E-state index contributed by atoms with van der Waals surface area (Å²) < 4.78 is 30.9. The molecule has 1 amide bonds. The molecule has 132 valence electrons. The number of amides is 1. The van der Waals surface area contributed by atoms with E-state index in [4.69, 9.17) is 10.5 Å². The van der Waals surface area contributed by atoms with E-state index in [1.165, 1.54) is 13.3 Å². The standard InChI is InChI=1S/C17H19N3O4S/c1-13-3-9-16(10-4-13)25(22,23)20(2)19-11-14-5-7-15(8-6-14)24-12-17(18)21/h3-11H,12H2,1-2H3,(H2,18,21). The number of nitrogens with zero attached hydrogens (tertiary/aromatic N) is 2. The van der Waals surface area contributed by atoms with Crippen LogP contribution in [0.4, 0.5) is 0 Å². The zero-order valence-electron chi connectivity index (χ0n) is 13.9. The number of primary amides is 1. The van der Waals surface area contributed by atoms with Gasteiger partial charge in [0.15, 0.2) is 6.61 Å². The first-order valence-corrected chi connectivity index (χ1v) is 8.84. The highest BCUT2D eigenvalue weighted by Crippen LogP contribution is 2.16. The molecule has 0 radical (unpaired) electrons. The van der Waals surface area contributed by atoms with Gasteiger partial charge < -0.3 is 10.5 Å². The summed E-state index contributed by atoms with van der Waals surface area (Å²) in [6, 6.07) is 13.2. The minimum absolute atomic E-state index is 0.174. The molecule has 0 saturated carbocycles. The highest BCUT2D eigenvalue weighted by Gasteiger charge is 2.18. The monoisotopic (exact) mass is 361 g/mol. The zero-order chi connectivity index (χ0) is 18.4. The summed E-state index contributed by atoms with van der Waals surface area (Å²) in [6.07, 6.45) is 1.42. The van der Waals surface area contributed by atoms with Crippen LogP contribution in [0.2, 0.25) is 0 Å². The third-order valence-corrected chi connectivity index (χ3v) is 4.96. The van der Waals surface area contributed by atoms with E-state index in [1.807, 2.05) is 6.92 Å². The van der Waals surface area contributed by atoms with Crippen molar-refractivity contribution in [1.82, 2.24) is 4.41 Å². The number of nitrogens with two attached hydrogens (primary N) is 1. The molecule has 0 unspecified atom stereocenters. The van der Waals surface area contributed by atoms with E-state index >= 15 is 0 Å². The van der Waals surface area contributed by atoms with E-state index < -0.39 is 15.9 Å². The van der Waals surface area contributed by atoms with Crippen molar-refractivity contribution in [1.29, 1.82) is 0 Å². The fourth-order valence-electron chi connectivity index (χ4n) is 1.88. The van der Waals surface area contributed by atoms with Gasteiger partial charge in [0.2, 0.25) is 0 Å². The van der Waals surface area contributed by atoms with E-state index in [0.29, 0.717) is 11.3 Å². The molecule has 0 aliphatic rings. The molecule has 2 aromatic rings. The minimum atomic E-state index is -3.69. The van der Waals surface area contributed by atoms with Gasteiger partial charge in [-0.15, -0.1) is 0 Å². The van der Waals surface area contributed by atoms with Crippen LogP contribution in [0, 0.1) is 6.92 Å². The third-order valence-electron chi connectivity index (χ3n) is 3.30. The molecular weight excluding hydrogens is 342 g/mol. The third kappa shape index (κ3) is 5.05. The topological polar surface area (TPSA) is 102 Å². The summed E-state index contributed by atoms with van der Waals surface area (Å²) in [6.45, 7) is 1.68. The Hall–Kier alpha value is -2.87. The van der Waals surface area contributed by atoms with E-state index in [2.05, 4.69) is 5.10 Å². The number of carbonyl (C=O) groups is 1. The Labute approximate surface area is 146 Å². The van der Waals surface area contributed by atoms with E-state index in [0.717, 1.165) is 9.98 Å². The summed E-state index contributed by atoms with van der Waals surface area (Å²) in [5.41, 5.74) is 6.65. The van der Waals surface area contributed by atoms with Gasteiger partial charge in [-0.3, -0.25) is 4.79 Å². The lowest BCUT2D eigenvalue weighted by Gasteiger charge is -2.13. The number of hydrogen-bond acceptors (Lipinski definition) is 5. The molecule has 0 fully saturated rings. The molecule has 2 rings (SSSR count). The normalized spacial score (nSPS) is 11.4. The van der Waals surface area contributed by atoms with Crippen LogP contribution in [-0.4, -0.2) is 38.6 Å². The summed E-state index contributed by atoms with van der Waals surface area (Å²) in [4.78, 5) is 10.8. The number of hydrazone groups is 1.